The molecule has 1 heteroatoms. The Balaban J connectivity index is 0.000000306. The molecule has 0 aromatic heterocycles. The number of hydrogen-bond donors (Lipinski definition) is 1. The lowest BCUT2D eigenvalue weighted by molar-refractivity contribution is 0.475. The SMILES string of the molecule is C.CCc1ccc(O)cc1.CCc1ccccc1. The first-order valence-electron chi connectivity index (χ1n) is 6.08. The predicted molar refractivity (Wildman–Crippen MR) is 80.0 cm³/mol. The Morgan fingerprint density at radius 2 is 1.17 bits per heavy atom. The van der Waals surface area contributed by atoms with Crippen LogP contribution in [0.3, 0.4) is 0 Å². The fourth-order valence-electron chi connectivity index (χ4n) is 1.45. The maximum absolute atomic E-state index is 8.85. The Bertz CT molecular complexity index is 403. The van der Waals surface area contributed by atoms with Gasteiger partial charge in [0.25, 0.3) is 0 Å². The van der Waals surface area contributed by atoms with E-state index in [4.69, 9.17) is 5.11 Å². The lowest BCUT2D eigenvalue weighted by atomic mass is 10.2. The van der Waals surface area contributed by atoms with Gasteiger partial charge in [-0.15, -0.1) is 0 Å². The quantitative estimate of drug-likeness (QED) is 0.801. The minimum atomic E-state index is 0. The second-order valence-electron chi connectivity index (χ2n) is 3.86. The van der Waals surface area contributed by atoms with Gasteiger partial charge in [-0.25, -0.2) is 0 Å². The van der Waals surface area contributed by atoms with Gasteiger partial charge in [-0.3, -0.25) is 0 Å². The van der Waals surface area contributed by atoms with Gasteiger partial charge >= 0.3 is 0 Å². The van der Waals surface area contributed by atoms with E-state index in [-0.39, 0.29) is 7.43 Å². The van der Waals surface area contributed by atoms with Crippen molar-refractivity contribution in [2.45, 2.75) is 34.1 Å². The van der Waals surface area contributed by atoms with Crippen LogP contribution in [0.2, 0.25) is 0 Å². The van der Waals surface area contributed by atoms with Crippen molar-refractivity contribution in [3.05, 3.63) is 65.7 Å². The molecule has 0 bridgehead atoms. The Kier molecular flexibility index (Phi) is 8.38. The van der Waals surface area contributed by atoms with Crippen LogP contribution in [0.25, 0.3) is 0 Å². The first-order chi connectivity index (χ1) is 8.26. The predicted octanol–water partition coefficient (Wildman–Crippen LogP) is 4.84. The number of phenols is 1. The number of aromatic hydroxyl groups is 1. The van der Waals surface area contributed by atoms with Gasteiger partial charge in [0.05, 0.1) is 0 Å². The number of phenolic OH excluding ortho intramolecular Hbond substituents is 1. The minimum Gasteiger partial charge on any atom is -0.508 e. The molecule has 0 amide bonds. The highest BCUT2D eigenvalue weighted by Gasteiger charge is 1.86. The van der Waals surface area contributed by atoms with Crippen LogP contribution in [0, 0.1) is 0 Å². The largest absolute Gasteiger partial charge is 0.508 e. The van der Waals surface area contributed by atoms with Crippen molar-refractivity contribution in [3.8, 4) is 5.75 Å². The van der Waals surface area contributed by atoms with E-state index in [9.17, 15) is 0 Å². The Labute approximate surface area is 111 Å². The van der Waals surface area contributed by atoms with Crippen molar-refractivity contribution >= 4 is 0 Å². The highest BCUT2D eigenvalue weighted by atomic mass is 16.3. The summed E-state index contributed by atoms with van der Waals surface area (Å²) in [5.41, 5.74) is 2.67. The molecule has 0 saturated heterocycles. The fourth-order valence-corrected chi connectivity index (χ4v) is 1.45. The number of aryl methyl sites for hydroxylation is 2. The third kappa shape index (κ3) is 6.09. The third-order valence-corrected chi connectivity index (χ3v) is 2.60. The maximum Gasteiger partial charge on any atom is 0.115 e. The Morgan fingerprint density at radius 3 is 1.56 bits per heavy atom. The van der Waals surface area contributed by atoms with Crippen LogP contribution in [0.1, 0.15) is 32.4 Å². The fraction of sp³-hybridized carbons (Fsp3) is 0.294. The zero-order valence-corrected chi connectivity index (χ0v) is 10.6. The Morgan fingerprint density at radius 1 is 0.722 bits per heavy atom. The lowest BCUT2D eigenvalue weighted by Gasteiger charge is -1.93. The Hall–Kier alpha value is -1.76. The van der Waals surface area contributed by atoms with Crippen molar-refractivity contribution in [3.63, 3.8) is 0 Å². The van der Waals surface area contributed by atoms with Crippen LogP contribution in [-0.4, -0.2) is 5.11 Å². The molecule has 1 N–H and O–H groups in total. The minimum absolute atomic E-state index is 0. The van der Waals surface area contributed by atoms with Crippen molar-refractivity contribution in [2.24, 2.45) is 0 Å². The molecule has 0 spiro atoms. The normalized spacial score (nSPS) is 8.78. The molecule has 0 aliphatic heterocycles. The van der Waals surface area contributed by atoms with Crippen LogP contribution < -0.4 is 0 Å². The molecule has 18 heavy (non-hydrogen) atoms. The molecule has 2 aromatic carbocycles. The van der Waals surface area contributed by atoms with Crippen molar-refractivity contribution < 1.29 is 5.11 Å². The van der Waals surface area contributed by atoms with E-state index in [1.165, 1.54) is 11.1 Å². The van der Waals surface area contributed by atoms with E-state index in [0.29, 0.717) is 5.75 Å². The third-order valence-electron chi connectivity index (χ3n) is 2.60. The monoisotopic (exact) mass is 244 g/mol. The summed E-state index contributed by atoms with van der Waals surface area (Å²) >= 11 is 0. The van der Waals surface area contributed by atoms with Crippen molar-refractivity contribution in [2.75, 3.05) is 0 Å². The van der Waals surface area contributed by atoms with E-state index in [2.05, 4.69) is 38.1 Å². The van der Waals surface area contributed by atoms with E-state index in [0.717, 1.165) is 12.8 Å². The van der Waals surface area contributed by atoms with Crippen LogP contribution in [0.5, 0.6) is 5.75 Å². The highest BCUT2D eigenvalue weighted by molar-refractivity contribution is 5.25. The average molecular weight is 244 g/mol. The molecule has 0 fully saturated rings. The molecule has 2 aromatic rings. The first kappa shape index (κ1) is 16.2. The molecule has 2 rings (SSSR count). The molecule has 98 valence electrons. The van der Waals surface area contributed by atoms with Gasteiger partial charge in [-0.1, -0.05) is 63.7 Å². The standard InChI is InChI=1S/C8H10O.C8H10.CH4/c1-2-7-3-5-8(9)6-4-7;1-2-8-6-4-3-5-7-8;/h3-6,9H,2H2,1H3;3-7H,2H2,1H3;1H4. The molecule has 0 radical (unpaired) electrons. The second kappa shape index (κ2) is 9.29. The molecular formula is C17H24O. The average Bonchev–Trinajstić information content (AvgIpc) is 2.41. The van der Waals surface area contributed by atoms with E-state index in [1.807, 2.05) is 18.2 Å². The van der Waals surface area contributed by atoms with E-state index >= 15 is 0 Å². The summed E-state index contributed by atoms with van der Waals surface area (Å²) in [5.74, 6) is 0.340. The molecule has 0 atom stereocenters. The van der Waals surface area contributed by atoms with Crippen LogP contribution in [0.4, 0.5) is 0 Å². The summed E-state index contributed by atoms with van der Waals surface area (Å²) in [7, 11) is 0. The summed E-state index contributed by atoms with van der Waals surface area (Å²) in [6.07, 6.45) is 2.17. The van der Waals surface area contributed by atoms with Crippen LogP contribution in [0.15, 0.2) is 54.6 Å². The van der Waals surface area contributed by atoms with E-state index in [1.54, 1.807) is 12.1 Å². The topological polar surface area (TPSA) is 20.2 Å². The summed E-state index contributed by atoms with van der Waals surface area (Å²) in [5, 5.41) is 8.85. The molecule has 0 saturated carbocycles. The smallest absolute Gasteiger partial charge is 0.115 e. The number of rotatable bonds is 2. The molecular weight excluding hydrogens is 220 g/mol. The van der Waals surface area contributed by atoms with Crippen molar-refractivity contribution in [1.82, 2.24) is 0 Å². The van der Waals surface area contributed by atoms with Gasteiger partial charge in [0.15, 0.2) is 0 Å². The van der Waals surface area contributed by atoms with E-state index < -0.39 is 0 Å². The van der Waals surface area contributed by atoms with Crippen LogP contribution >= 0.6 is 0 Å². The molecule has 1 nitrogen and oxygen atoms in total. The van der Waals surface area contributed by atoms with Gasteiger partial charge in [0, 0.05) is 0 Å². The van der Waals surface area contributed by atoms with Gasteiger partial charge in [0.2, 0.25) is 0 Å². The summed E-state index contributed by atoms with van der Waals surface area (Å²) in [4.78, 5) is 0. The van der Waals surface area contributed by atoms with Crippen molar-refractivity contribution in [1.29, 1.82) is 0 Å². The van der Waals surface area contributed by atoms with Gasteiger partial charge in [-0.2, -0.15) is 0 Å². The molecule has 0 aliphatic carbocycles. The summed E-state index contributed by atoms with van der Waals surface area (Å²) in [6.45, 7) is 4.25. The van der Waals surface area contributed by atoms with Gasteiger partial charge in [-0.05, 0) is 36.1 Å². The first-order valence-corrected chi connectivity index (χ1v) is 6.08. The zero-order chi connectivity index (χ0) is 12.5. The van der Waals surface area contributed by atoms with Gasteiger partial charge in [0.1, 0.15) is 5.75 Å². The molecule has 0 unspecified atom stereocenters. The van der Waals surface area contributed by atoms with Crippen LogP contribution in [-0.2, 0) is 12.8 Å². The second-order valence-corrected chi connectivity index (χ2v) is 3.86. The van der Waals surface area contributed by atoms with Gasteiger partial charge < -0.3 is 5.11 Å². The summed E-state index contributed by atoms with van der Waals surface area (Å²) in [6, 6.07) is 17.7. The number of benzene rings is 2. The highest BCUT2D eigenvalue weighted by Crippen LogP contribution is 2.09. The molecule has 0 heterocycles. The number of hydrogen-bond acceptors (Lipinski definition) is 1. The zero-order valence-electron chi connectivity index (χ0n) is 10.6. The molecule has 0 aliphatic rings. The maximum atomic E-state index is 8.85. The summed E-state index contributed by atoms with van der Waals surface area (Å²) < 4.78 is 0. The lowest BCUT2D eigenvalue weighted by Crippen LogP contribution is -1.75.